The summed E-state index contributed by atoms with van der Waals surface area (Å²) in [6.07, 6.45) is 2.05. The molecule has 1 aromatic carbocycles. The van der Waals surface area contributed by atoms with Crippen molar-refractivity contribution in [1.82, 2.24) is 25.7 Å². The van der Waals surface area contributed by atoms with Gasteiger partial charge in [-0.3, -0.25) is 14.5 Å². The average molecular weight is 429 g/mol. The lowest BCUT2D eigenvalue weighted by molar-refractivity contribution is -0.135. The van der Waals surface area contributed by atoms with Crippen LogP contribution in [0.4, 0.5) is 9.18 Å². The van der Waals surface area contributed by atoms with E-state index in [1.165, 1.54) is 31.2 Å². The molecule has 4 amide bonds. The summed E-state index contributed by atoms with van der Waals surface area (Å²) < 4.78 is 18.6. The molecule has 1 aliphatic carbocycles. The fourth-order valence-corrected chi connectivity index (χ4v) is 3.58. The van der Waals surface area contributed by atoms with Crippen LogP contribution in [-0.2, 0) is 15.1 Å². The standard InChI is InChI=1S/C21H24FN5O4/c1-11(2)16(18-24-17(26-31-18)12-4-5-12)23-15(28)10-27-19(29)21(3,25-20(27)30)13-6-8-14(22)9-7-13/h6-9,11-12,16H,4-5,10H2,1-3H3,(H,23,28)(H,25,30). The summed E-state index contributed by atoms with van der Waals surface area (Å²) in [7, 11) is 0. The molecule has 1 aromatic heterocycles. The monoisotopic (exact) mass is 429 g/mol. The Hall–Kier alpha value is -3.30. The first-order chi connectivity index (χ1) is 14.7. The van der Waals surface area contributed by atoms with Gasteiger partial charge in [-0.2, -0.15) is 4.98 Å². The van der Waals surface area contributed by atoms with Gasteiger partial charge in [0, 0.05) is 5.92 Å². The zero-order valence-electron chi connectivity index (χ0n) is 17.5. The number of aromatic nitrogens is 2. The maximum Gasteiger partial charge on any atom is 0.325 e. The predicted octanol–water partition coefficient (Wildman–Crippen LogP) is 2.37. The average Bonchev–Trinajstić information content (AvgIpc) is 3.42. The number of hydrogen-bond acceptors (Lipinski definition) is 6. The van der Waals surface area contributed by atoms with Crippen molar-refractivity contribution in [1.29, 1.82) is 0 Å². The smallest absolute Gasteiger partial charge is 0.325 e. The molecule has 0 bridgehead atoms. The Morgan fingerprint density at radius 1 is 1.32 bits per heavy atom. The fraction of sp³-hybridized carbons (Fsp3) is 0.476. The van der Waals surface area contributed by atoms with Gasteiger partial charge in [0.05, 0.1) is 0 Å². The summed E-state index contributed by atoms with van der Waals surface area (Å²) >= 11 is 0. The van der Waals surface area contributed by atoms with Gasteiger partial charge in [-0.15, -0.1) is 0 Å². The molecule has 2 fully saturated rings. The highest BCUT2D eigenvalue weighted by molar-refractivity contribution is 6.09. The van der Waals surface area contributed by atoms with Gasteiger partial charge in [-0.25, -0.2) is 9.18 Å². The molecule has 2 unspecified atom stereocenters. The quantitative estimate of drug-likeness (QED) is 0.653. The van der Waals surface area contributed by atoms with Crippen molar-refractivity contribution >= 4 is 17.8 Å². The molecule has 31 heavy (non-hydrogen) atoms. The van der Waals surface area contributed by atoms with Crippen molar-refractivity contribution in [3.8, 4) is 0 Å². The zero-order valence-corrected chi connectivity index (χ0v) is 17.5. The Kier molecular flexibility index (Phi) is 5.24. The third-order valence-corrected chi connectivity index (χ3v) is 5.65. The number of carbonyl (C=O) groups excluding carboxylic acids is 3. The first kappa shape index (κ1) is 21.0. The van der Waals surface area contributed by atoms with E-state index in [0.717, 1.165) is 17.7 Å². The summed E-state index contributed by atoms with van der Waals surface area (Å²) in [6.45, 7) is 4.85. The summed E-state index contributed by atoms with van der Waals surface area (Å²) in [6, 6.07) is 4.04. The topological polar surface area (TPSA) is 117 Å². The normalized spacial score (nSPS) is 22.0. The molecule has 1 aliphatic heterocycles. The molecule has 4 rings (SSSR count). The molecule has 0 spiro atoms. The Balaban J connectivity index is 1.46. The van der Waals surface area contributed by atoms with Crippen LogP contribution in [0.3, 0.4) is 0 Å². The molecule has 164 valence electrons. The molecule has 0 radical (unpaired) electrons. The number of urea groups is 1. The minimum absolute atomic E-state index is 0.0518. The van der Waals surface area contributed by atoms with Crippen molar-refractivity contribution in [2.24, 2.45) is 5.92 Å². The maximum absolute atomic E-state index is 13.2. The van der Waals surface area contributed by atoms with Crippen molar-refractivity contribution in [2.75, 3.05) is 6.54 Å². The second kappa shape index (κ2) is 7.75. The van der Waals surface area contributed by atoms with E-state index in [1.54, 1.807) is 0 Å². The maximum atomic E-state index is 13.2. The molecular weight excluding hydrogens is 405 g/mol. The number of rotatable bonds is 7. The number of nitrogens with one attached hydrogen (secondary N) is 2. The molecule has 2 aliphatic rings. The summed E-state index contributed by atoms with van der Waals surface area (Å²) in [5, 5.41) is 9.37. The van der Waals surface area contributed by atoms with Crippen LogP contribution in [0, 0.1) is 11.7 Å². The van der Waals surface area contributed by atoms with E-state index in [2.05, 4.69) is 20.8 Å². The number of nitrogens with zero attached hydrogens (tertiary/aromatic N) is 3. The fourth-order valence-electron chi connectivity index (χ4n) is 3.58. The number of carbonyl (C=O) groups is 3. The minimum Gasteiger partial charge on any atom is -0.342 e. The molecule has 1 saturated carbocycles. The van der Waals surface area contributed by atoms with Gasteiger partial charge in [0.1, 0.15) is 23.9 Å². The lowest BCUT2D eigenvalue weighted by Gasteiger charge is -2.23. The number of amides is 4. The second-order valence-corrected chi connectivity index (χ2v) is 8.51. The van der Waals surface area contributed by atoms with E-state index in [0.29, 0.717) is 23.2 Å². The van der Waals surface area contributed by atoms with Crippen molar-refractivity contribution in [2.45, 2.75) is 51.1 Å². The Morgan fingerprint density at radius 3 is 2.61 bits per heavy atom. The third-order valence-electron chi connectivity index (χ3n) is 5.65. The molecular formula is C21H24FN5O4. The molecule has 2 heterocycles. The summed E-state index contributed by atoms with van der Waals surface area (Å²) in [5.41, 5.74) is -0.956. The molecule has 10 heteroatoms. The van der Waals surface area contributed by atoms with Gasteiger partial charge in [0.25, 0.3) is 5.91 Å². The van der Waals surface area contributed by atoms with E-state index in [9.17, 15) is 18.8 Å². The van der Waals surface area contributed by atoms with Crippen LogP contribution < -0.4 is 10.6 Å². The largest absolute Gasteiger partial charge is 0.342 e. The SMILES string of the molecule is CC(C)C(NC(=O)CN1C(=O)NC(C)(c2ccc(F)cc2)C1=O)c1nc(C2CC2)no1. The van der Waals surface area contributed by atoms with Crippen molar-refractivity contribution in [3.05, 3.63) is 47.4 Å². The highest BCUT2D eigenvalue weighted by Gasteiger charge is 2.49. The second-order valence-electron chi connectivity index (χ2n) is 8.51. The first-order valence-electron chi connectivity index (χ1n) is 10.2. The van der Waals surface area contributed by atoms with Gasteiger partial charge >= 0.3 is 6.03 Å². The van der Waals surface area contributed by atoms with Crippen LogP contribution in [0.15, 0.2) is 28.8 Å². The zero-order chi connectivity index (χ0) is 22.3. The molecule has 2 N–H and O–H groups in total. The highest BCUT2D eigenvalue weighted by atomic mass is 19.1. The van der Waals surface area contributed by atoms with E-state index in [4.69, 9.17) is 4.52 Å². The number of benzene rings is 1. The van der Waals surface area contributed by atoms with Gasteiger partial charge in [0.15, 0.2) is 5.82 Å². The van der Waals surface area contributed by atoms with Crippen LogP contribution in [0.5, 0.6) is 0 Å². The van der Waals surface area contributed by atoms with Crippen LogP contribution >= 0.6 is 0 Å². The van der Waals surface area contributed by atoms with E-state index in [1.807, 2.05) is 13.8 Å². The highest BCUT2D eigenvalue weighted by Crippen LogP contribution is 2.38. The lowest BCUT2D eigenvalue weighted by Crippen LogP contribution is -2.44. The Morgan fingerprint density at radius 2 is 2.00 bits per heavy atom. The van der Waals surface area contributed by atoms with E-state index >= 15 is 0 Å². The van der Waals surface area contributed by atoms with Crippen LogP contribution in [0.25, 0.3) is 0 Å². The third kappa shape index (κ3) is 4.01. The number of imide groups is 1. The van der Waals surface area contributed by atoms with Crippen LogP contribution in [0.2, 0.25) is 0 Å². The Bertz CT molecular complexity index is 1020. The molecule has 9 nitrogen and oxygen atoms in total. The minimum atomic E-state index is -1.38. The lowest BCUT2D eigenvalue weighted by atomic mass is 9.92. The summed E-state index contributed by atoms with van der Waals surface area (Å²) in [4.78, 5) is 43.4. The van der Waals surface area contributed by atoms with Crippen LogP contribution in [0.1, 0.15) is 62.9 Å². The number of halogens is 1. The van der Waals surface area contributed by atoms with Gasteiger partial charge < -0.3 is 15.2 Å². The predicted molar refractivity (Wildman–Crippen MR) is 106 cm³/mol. The summed E-state index contributed by atoms with van der Waals surface area (Å²) in [5.74, 6) is -0.366. The van der Waals surface area contributed by atoms with Gasteiger partial charge in [-0.05, 0) is 43.4 Å². The van der Waals surface area contributed by atoms with E-state index in [-0.39, 0.29) is 5.92 Å². The van der Waals surface area contributed by atoms with Crippen molar-refractivity contribution < 1.29 is 23.3 Å². The first-order valence-corrected chi connectivity index (χ1v) is 10.2. The number of hydrogen-bond donors (Lipinski definition) is 2. The van der Waals surface area contributed by atoms with E-state index < -0.39 is 41.8 Å². The molecule has 2 atom stereocenters. The van der Waals surface area contributed by atoms with Crippen molar-refractivity contribution in [3.63, 3.8) is 0 Å². The Labute approximate surface area is 178 Å². The van der Waals surface area contributed by atoms with Gasteiger partial charge in [0.2, 0.25) is 11.8 Å². The van der Waals surface area contributed by atoms with Crippen LogP contribution in [-0.4, -0.2) is 39.4 Å². The van der Waals surface area contributed by atoms with Gasteiger partial charge in [-0.1, -0.05) is 31.1 Å². The molecule has 2 aromatic rings. The molecule has 1 saturated heterocycles.